The Kier molecular flexibility index (Phi) is 2.27. The molecule has 0 spiro atoms. The van der Waals surface area contributed by atoms with Gasteiger partial charge in [-0.05, 0) is 17.5 Å². The van der Waals surface area contributed by atoms with Crippen molar-refractivity contribution in [1.29, 1.82) is 0 Å². The fraction of sp³-hybridized carbons (Fsp3) is 0.0769. The molecule has 1 heterocycles. The average Bonchev–Trinajstić information content (AvgIpc) is 2.34. The predicted molar refractivity (Wildman–Crippen MR) is 69.3 cm³/mol. The summed E-state index contributed by atoms with van der Waals surface area (Å²) >= 11 is 0. The highest BCUT2D eigenvalue weighted by atomic mass is 32.2. The maximum absolute atomic E-state index is 12.2. The van der Waals surface area contributed by atoms with Crippen LogP contribution in [0.15, 0.2) is 36.4 Å². The van der Waals surface area contributed by atoms with Gasteiger partial charge in [-0.25, -0.2) is 8.42 Å². The van der Waals surface area contributed by atoms with Gasteiger partial charge in [0.25, 0.3) is 11.8 Å². The number of sulfonamides is 1. The van der Waals surface area contributed by atoms with E-state index < -0.39 is 21.8 Å². The van der Waals surface area contributed by atoms with Crippen molar-refractivity contribution in [2.75, 3.05) is 6.26 Å². The lowest BCUT2D eigenvalue weighted by molar-refractivity contribution is 0.0727. The second kappa shape index (κ2) is 3.64. The molecule has 0 radical (unpaired) electrons. The Bertz CT molecular complexity index is 788. The first-order valence-corrected chi connectivity index (χ1v) is 7.37. The standard InChI is InChI=1S/C13H9NO4S/c1-19(17,18)14-12(15)9-6-2-4-8-5-3-7-10(11(8)9)13(14)16/h2-7H,1H3. The van der Waals surface area contributed by atoms with Crippen molar-refractivity contribution in [3.8, 4) is 0 Å². The van der Waals surface area contributed by atoms with E-state index in [1.165, 1.54) is 12.1 Å². The van der Waals surface area contributed by atoms with Gasteiger partial charge in [-0.15, -0.1) is 0 Å². The third-order valence-electron chi connectivity index (χ3n) is 3.07. The van der Waals surface area contributed by atoms with Gasteiger partial charge in [0.15, 0.2) is 0 Å². The molecule has 3 rings (SSSR count). The number of hydrogen-bond acceptors (Lipinski definition) is 4. The van der Waals surface area contributed by atoms with Gasteiger partial charge in [-0.2, -0.15) is 4.31 Å². The van der Waals surface area contributed by atoms with E-state index in [9.17, 15) is 18.0 Å². The monoisotopic (exact) mass is 275 g/mol. The molecule has 2 aromatic carbocycles. The van der Waals surface area contributed by atoms with Gasteiger partial charge in [0.1, 0.15) is 0 Å². The minimum atomic E-state index is -3.93. The largest absolute Gasteiger partial charge is 0.275 e. The van der Waals surface area contributed by atoms with Crippen molar-refractivity contribution < 1.29 is 18.0 Å². The summed E-state index contributed by atoms with van der Waals surface area (Å²) in [5.41, 5.74) is 0.469. The van der Waals surface area contributed by atoms with E-state index in [-0.39, 0.29) is 11.1 Å². The van der Waals surface area contributed by atoms with E-state index in [4.69, 9.17) is 0 Å². The Hall–Kier alpha value is -2.21. The van der Waals surface area contributed by atoms with Gasteiger partial charge in [0.05, 0.1) is 6.26 Å². The molecule has 5 nitrogen and oxygen atoms in total. The van der Waals surface area contributed by atoms with Crippen LogP contribution >= 0.6 is 0 Å². The maximum atomic E-state index is 12.2. The fourth-order valence-corrected chi connectivity index (χ4v) is 3.11. The van der Waals surface area contributed by atoms with Gasteiger partial charge in [0, 0.05) is 16.5 Å². The second-order valence-electron chi connectivity index (χ2n) is 4.35. The number of amides is 2. The molecule has 19 heavy (non-hydrogen) atoms. The van der Waals surface area contributed by atoms with Crippen LogP contribution in [0.3, 0.4) is 0 Å². The molecule has 2 aromatic rings. The number of carbonyl (C=O) groups excluding carboxylic acids is 2. The molecule has 1 aliphatic heterocycles. The predicted octanol–water partition coefficient (Wildman–Crippen LogP) is 1.40. The van der Waals surface area contributed by atoms with Crippen molar-refractivity contribution in [2.45, 2.75) is 0 Å². The average molecular weight is 275 g/mol. The molecule has 6 heteroatoms. The van der Waals surface area contributed by atoms with Crippen LogP contribution < -0.4 is 0 Å². The lowest BCUT2D eigenvalue weighted by atomic mass is 9.95. The SMILES string of the molecule is CS(=O)(=O)N1C(=O)c2cccc3cccc(c23)C1=O. The van der Waals surface area contributed by atoms with E-state index in [1.807, 2.05) is 0 Å². The molecule has 96 valence electrons. The molecule has 1 aliphatic rings. The van der Waals surface area contributed by atoms with Crippen LogP contribution in [-0.4, -0.2) is 30.8 Å². The van der Waals surface area contributed by atoms with E-state index >= 15 is 0 Å². The van der Waals surface area contributed by atoms with Crippen LogP contribution in [0.2, 0.25) is 0 Å². The van der Waals surface area contributed by atoms with E-state index in [1.54, 1.807) is 24.3 Å². The molecule has 0 aromatic heterocycles. The number of nitrogens with zero attached hydrogens (tertiary/aromatic N) is 1. The highest BCUT2D eigenvalue weighted by Crippen LogP contribution is 2.30. The zero-order chi connectivity index (χ0) is 13.8. The van der Waals surface area contributed by atoms with Gasteiger partial charge in [0.2, 0.25) is 10.0 Å². The first-order chi connectivity index (χ1) is 8.91. The highest BCUT2D eigenvalue weighted by molar-refractivity contribution is 7.89. The lowest BCUT2D eigenvalue weighted by Gasteiger charge is -2.24. The molecule has 0 aliphatic carbocycles. The smallest absolute Gasteiger partial charge is 0.267 e. The van der Waals surface area contributed by atoms with Crippen molar-refractivity contribution >= 4 is 32.6 Å². The summed E-state index contributed by atoms with van der Waals surface area (Å²) in [7, 11) is -3.93. The maximum Gasteiger partial charge on any atom is 0.275 e. The molecule has 0 fully saturated rings. The van der Waals surface area contributed by atoms with Gasteiger partial charge in [-0.3, -0.25) is 9.59 Å². The Morgan fingerprint density at radius 3 is 1.79 bits per heavy atom. The Balaban J connectivity index is 2.44. The third-order valence-corrected chi connectivity index (χ3v) is 4.06. The summed E-state index contributed by atoms with van der Waals surface area (Å²) in [5, 5.41) is 1.25. The van der Waals surface area contributed by atoms with Gasteiger partial charge >= 0.3 is 0 Å². The van der Waals surface area contributed by atoms with Gasteiger partial charge < -0.3 is 0 Å². The molecular weight excluding hydrogens is 266 g/mol. The zero-order valence-corrected chi connectivity index (χ0v) is 10.8. The summed E-state index contributed by atoms with van der Waals surface area (Å²) in [5.74, 6) is -1.59. The minimum absolute atomic E-state index is 0.234. The van der Waals surface area contributed by atoms with Crippen LogP contribution in [0.4, 0.5) is 0 Å². The van der Waals surface area contributed by atoms with Crippen molar-refractivity contribution in [2.24, 2.45) is 0 Å². The number of hydrogen-bond donors (Lipinski definition) is 0. The summed E-state index contributed by atoms with van der Waals surface area (Å²) < 4.78 is 23.6. The molecule has 0 unspecified atom stereocenters. The quantitative estimate of drug-likeness (QED) is 0.737. The van der Waals surface area contributed by atoms with E-state index in [2.05, 4.69) is 0 Å². The van der Waals surface area contributed by atoms with Crippen LogP contribution in [-0.2, 0) is 10.0 Å². The van der Waals surface area contributed by atoms with Crippen LogP contribution in [0, 0.1) is 0 Å². The Morgan fingerprint density at radius 2 is 1.37 bits per heavy atom. The van der Waals surface area contributed by atoms with Crippen LogP contribution in [0.5, 0.6) is 0 Å². The van der Waals surface area contributed by atoms with Crippen LogP contribution in [0.1, 0.15) is 20.7 Å². The summed E-state index contributed by atoms with van der Waals surface area (Å²) in [6.07, 6.45) is 0.844. The topological polar surface area (TPSA) is 71.5 Å². The summed E-state index contributed by atoms with van der Waals surface area (Å²) in [6, 6.07) is 9.93. The van der Waals surface area contributed by atoms with Gasteiger partial charge in [-0.1, -0.05) is 24.3 Å². The Labute approximate surface area is 109 Å². The molecule has 0 N–H and O–H groups in total. The molecule has 0 atom stereocenters. The third kappa shape index (κ3) is 1.57. The first kappa shape index (κ1) is 11.9. The zero-order valence-electron chi connectivity index (χ0n) is 9.95. The fourth-order valence-electron chi connectivity index (χ4n) is 2.31. The molecule has 0 saturated carbocycles. The van der Waals surface area contributed by atoms with E-state index in [0.29, 0.717) is 9.69 Å². The van der Waals surface area contributed by atoms with Crippen molar-refractivity contribution in [3.05, 3.63) is 47.5 Å². The number of benzene rings is 2. The molecular formula is C13H9NO4S. The summed E-state index contributed by atoms with van der Waals surface area (Å²) in [4.78, 5) is 24.4. The number of rotatable bonds is 1. The Morgan fingerprint density at radius 1 is 0.895 bits per heavy atom. The van der Waals surface area contributed by atoms with Crippen molar-refractivity contribution in [1.82, 2.24) is 4.31 Å². The van der Waals surface area contributed by atoms with Crippen molar-refractivity contribution in [3.63, 3.8) is 0 Å². The normalized spacial score (nSPS) is 15.1. The molecule has 0 bridgehead atoms. The molecule has 0 saturated heterocycles. The molecule has 2 amide bonds. The number of carbonyl (C=O) groups is 2. The number of imide groups is 1. The minimum Gasteiger partial charge on any atom is -0.267 e. The van der Waals surface area contributed by atoms with E-state index in [0.717, 1.165) is 11.6 Å². The second-order valence-corrected chi connectivity index (χ2v) is 6.18. The summed E-state index contributed by atoms with van der Waals surface area (Å²) in [6.45, 7) is 0. The highest BCUT2D eigenvalue weighted by Gasteiger charge is 2.38. The van der Waals surface area contributed by atoms with Crippen LogP contribution in [0.25, 0.3) is 10.8 Å². The first-order valence-electron chi connectivity index (χ1n) is 5.52. The lowest BCUT2D eigenvalue weighted by Crippen LogP contribution is -2.43.